The number of rotatable bonds is 13. The maximum Gasteiger partial charge on any atom is 0.328 e. The van der Waals surface area contributed by atoms with Gasteiger partial charge in [-0.15, -0.1) is 0 Å². The molecule has 4 aliphatic carbocycles. The highest BCUT2D eigenvalue weighted by Gasteiger charge is 2.51. The van der Waals surface area contributed by atoms with Crippen molar-refractivity contribution in [1.82, 2.24) is 10.6 Å². The summed E-state index contributed by atoms with van der Waals surface area (Å²) in [4.78, 5) is 25.3. The van der Waals surface area contributed by atoms with E-state index in [4.69, 9.17) is 4.74 Å². The van der Waals surface area contributed by atoms with E-state index >= 15 is 0 Å². The third kappa shape index (κ3) is 6.62. The maximum atomic E-state index is 12.9. The van der Waals surface area contributed by atoms with Crippen molar-refractivity contribution in [3.05, 3.63) is 0 Å². The number of amides is 2. The van der Waals surface area contributed by atoms with Crippen LogP contribution in [-0.2, 0) is 9.53 Å². The third-order valence-electron chi connectivity index (χ3n) is 7.64. The molecule has 0 heterocycles. The van der Waals surface area contributed by atoms with Crippen LogP contribution in [0.15, 0.2) is 0 Å². The van der Waals surface area contributed by atoms with Gasteiger partial charge in [0.15, 0.2) is 0 Å². The van der Waals surface area contributed by atoms with E-state index in [1.54, 1.807) is 0 Å². The van der Waals surface area contributed by atoms with Crippen LogP contribution in [-0.4, -0.2) is 30.2 Å². The van der Waals surface area contributed by atoms with E-state index in [2.05, 4.69) is 17.6 Å². The first-order chi connectivity index (χ1) is 14.5. The molecule has 0 spiro atoms. The van der Waals surface area contributed by atoms with Crippen LogP contribution in [0.3, 0.4) is 0 Å². The fraction of sp³-hybridized carbons (Fsp3) is 0.920. The summed E-state index contributed by atoms with van der Waals surface area (Å²) in [6, 6.07) is -0.700. The van der Waals surface area contributed by atoms with Crippen LogP contribution in [0.1, 0.15) is 110 Å². The van der Waals surface area contributed by atoms with Crippen molar-refractivity contribution >= 4 is 12.0 Å². The van der Waals surface area contributed by atoms with Crippen molar-refractivity contribution in [2.75, 3.05) is 6.61 Å². The molecule has 0 aromatic rings. The molecule has 0 saturated heterocycles. The average molecular weight is 421 g/mol. The van der Waals surface area contributed by atoms with Gasteiger partial charge in [0.25, 0.3) is 0 Å². The number of esters is 1. The van der Waals surface area contributed by atoms with Gasteiger partial charge in [-0.3, -0.25) is 0 Å². The first-order valence-corrected chi connectivity index (χ1v) is 12.8. The van der Waals surface area contributed by atoms with Crippen molar-refractivity contribution in [3.63, 3.8) is 0 Å². The Kier molecular flexibility index (Phi) is 8.88. The van der Waals surface area contributed by atoms with Crippen LogP contribution in [0, 0.1) is 17.8 Å². The largest absolute Gasteiger partial charge is 0.464 e. The molecule has 1 atom stereocenters. The Morgan fingerprint density at radius 1 is 0.867 bits per heavy atom. The van der Waals surface area contributed by atoms with Crippen LogP contribution >= 0.6 is 0 Å². The van der Waals surface area contributed by atoms with E-state index < -0.39 is 6.04 Å². The fourth-order valence-electron chi connectivity index (χ4n) is 6.67. The predicted molar refractivity (Wildman–Crippen MR) is 120 cm³/mol. The molecule has 5 nitrogen and oxygen atoms in total. The van der Waals surface area contributed by atoms with E-state index in [1.165, 1.54) is 57.8 Å². The van der Waals surface area contributed by atoms with Gasteiger partial charge in [0.2, 0.25) is 0 Å². The van der Waals surface area contributed by atoms with Gasteiger partial charge >= 0.3 is 12.0 Å². The summed E-state index contributed by atoms with van der Waals surface area (Å²) in [5.74, 6) is 2.07. The molecule has 4 fully saturated rings. The molecule has 4 bridgehead atoms. The minimum atomic E-state index is -0.529. The molecule has 30 heavy (non-hydrogen) atoms. The minimum Gasteiger partial charge on any atom is -0.464 e. The van der Waals surface area contributed by atoms with Crippen LogP contribution in [0.4, 0.5) is 4.79 Å². The zero-order valence-corrected chi connectivity index (χ0v) is 19.3. The van der Waals surface area contributed by atoms with Gasteiger partial charge in [-0.2, -0.15) is 0 Å². The van der Waals surface area contributed by atoms with Crippen molar-refractivity contribution in [1.29, 1.82) is 0 Å². The van der Waals surface area contributed by atoms with Crippen LogP contribution in [0.25, 0.3) is 0 Å². The van der Waals surface area contributed by atoms with Gasteiger partial charge in [-0.25, -0.2) is 9.59 Å². The molecule has 0 radical (unpaired) electrons. The molecule has 4 aliphatic rings. The maximum absolute atomic E-state index is 12.9. The Labute approximate surface area is 183 Å². The number of ether oxygens (including phenoxy) is 1. The van der Waals surface area contributed by atoms with Crippen molar-refractivity contribution in [2.24, 2.45) is 17.8 Å². The SMILES string of the molecule is CCCCCCCCCCC(NC(=O)NC12CC3CC(CC(C3)C1)C2)C(=O)OCC. The number of urea groups is 1. The first kappa shape index (κ1) is 23.4. The number of nitrogens with one attached hydrogen (secondary N) is 2. The lowest BCUT2D eigenvalue weighted by Crippen LogP contribution is -2.62. The molecular formula is C25H44N2O3. The number of carbonyl (C=O) groups is 2. The molecular weight excluding hydrogens is 376 g/mol. The molecule has 0 aromatic heterocycles. The highest BCUT2D eigenvalue weighted by Crippen LogP contribution is 2.55. The van der Waals surface area contributed by atoms with Crippen molar-refractivity contribution in [2.45, 2.75) is 122 Å². The second kappa shape index (κ2) is 11.4. The molecule has 2 N–H and O–H groups in total. The van der Waals surface area contributed by atoms with Gasteiger partial charge in [0.1, 0.15) is 6.04 Å². The summed E-state index contributed by atoms with van der Waals surface area (Å²) >= 11 is 0. The summed E-state index contributed by atoms with van der Waals surface area (Å²) in [5, 5.41) is 6.30. The van der Waals surface area contributed by atoms with E-state index in [-0.39, 0.29) is 17.5 Å². The summed E-state index contributed by atoms with van der Waals surface area (Å²) in [6.07, 6.45) is 17.9. The molecule has 1 unspecified atom stereocenters. The normalized spacial score (nSPS) is 30.1. The average Bonchev–Trinajstić information content (AvgIpc) is 2.67. The lowest BCUT2D eigenvalue weighted by atomic mass is 9.53. The molecule has 172 valence electrons. The highest BCUT2D eigenvalue weighted by atomic mass is 16.5. The number of unbranched alkanes of at least 4 members (excludes halogenated alkanes) is 7. The third-order valence-corrected chi connectivity index (χ3v) is 7.64. The molecule has 2 amide bonds. The lowest BCUT2D eigenvalue weighted by molar-refractivity contribution is -0.145. The zero-order chi connectivity index (χ0) is 21.4. The minimum absolute atomic E-state index is 0.0312. The highest BCUT2D eigenvalue weighted by molar-refractivity contribution is 5.83. The van der Waals surface area contributed by atoms with Crippen LogP contribution in [0.5, 0.6) is 0 Å². The molecule has 5 heteroatoms. The standard InChI is InChI=1S/C25H44N2O3/c1-3-5-6-7-8-9-10-11-12-22(23(28)30-4-2)26-24(29)27-25-16-19-13-20(17-25)15-21(14-19)18-25/h19-22H,3-18H2,1-2H3,(H2,26,27,29). The summed E-state index contributed by atoms with van der Waals surface area (Å²) in [6.45, 7) is 4.41. The lowest BCUT2D eigenvalue weighted by Gasteiger charge is -2.56. The Hall–Kier alpha value is -1.26. The molecule has 4 saturated carbocycles. The van der Waals surface area contributed by atoms with Gasteiger partial charge in [-0.1, -0.05) is 58.3 Å². The van der Waals surface area contributed by atoms with Crippen LogP contribution < -0.4 is 10.6 Å². The monoisotopic (exact) mass is 420 g/mol. The van der Waals surface area contributed by atoms with E-state index in [0.29, 0.717) is 13.0 Å². The smallest absolute Gasteiger partial charge is 0.328 e. The van der Waals surface area contributed by atoms with E-state index in [9.17, 15) is 9.59 Å². The molecule has 4 rings (SSSR count). The first-order valence-electron chi connectivity index (χ1n) is 12.8. The fourth-order valence-corrected chi connectivity index (χ4v) is 6.67. The van der Waals surface area contributed by atoms with Crippen molar-refractivity contribution < 1.29 is 14.3 Å². The summed E-state index contributed by atoms with van der Waals surface area (Å²) in [5.41, 5.74) is -0.0312. The van der Waals surface area contributed by atoms with Gasteiger partial charge in [-0.05, 0) is 69.6 Å². The van der Waals surface area contributed by atoms with Crippen LogP contribution in [0.2, 0.25) is 0 Å². The molecule has 0 aromatic carbocycles. The zero-order valence-electron chi connectivity index (χ0n) is 19.3. The topological polar surface area (TPSA) is 67.4 Å². The van der Waals surface area contributed by atoms with E-state index in [1.807, 2.05) is 6.92 Å². The Morgan fingerprint density at radius 2 is 1.40 bits per heavy atom. The van der Waals surface area contributed by atoms with Gasteiger partial charge in [0.05, 0.1) is 6.61 Å². The van der Waals surface area contributed by atoms with Crippen molar-refractivity contribution in [3.8, 4) is 0 Å². The Balaban J connectivity index is 1.42. The number of hydrogen-bond acceptors (Lipinski definition) is 3. The second-order valence-electron chi connectivity index (χ2n) is 10.4. The molecule has 0 aliphatic heterocycles. The Morgan fingerprint density at radius 3 is 1.93 bits per heavy atom. The second-order valence-corrected chi connectivity index (χ2v) is 10.4. The number of hydrogen-bond donors (Lipinski definition) is 2. The number of carbonyl (C=O) groups excluding carboxylic acids is 2. The van der Waals surface area contributed by atoms with E-state index in [0.717, 1.165) is 49.9 Å². The Bertz CT molecular complexity index is 527. The summed E-state index contributed by atoms with van der Waals surface area (Å²) < 4.78 is 5.24. The summed E-state index contributed by atoms with van der Waals surface area (Å²) in [7, 11) is 0. The van der Waals surface area contributed by atoms with Gasteiger partial charge in [0, 0.05) is 5.54 Å². The predicted octanol–water partition coefficient (Wildman–Crippen LogP) is 5.72. The van der Waals surface area contributed by atoms with Gasteiger partial charge < -0.3 is 15.4 Å². The quantitative estimate of drug-likeness (QED) is 0.296.